The Balaban J connectivity index is 2.20. The molecule has 1 aromatic rings. The maximum absolute atomic E-state index is 11.9. The summed E-state index contributed by atoms with van der Waals surface area (Å²) in [5.41, 5.74) is 3.81. The molecule has 3 heteroatoms. The fourth-order valence-electron chi connectivity index (χ4n) is 2.52. The third-order valence-electron chi connectivity index (χ3n) is 3.76. The zero-order valence-electron chi connectivity index (χ0n) is 11.3. The normalized spacial score (nSPS) is 23.1. The number of esters is 1. The highest BCUT2D eigenvalue weighted by Crippen LogP contribution is 2.30. The van der Waals surface area contributed by atoms with Gasteiger partial charge in [0.15, 0.2) is 0 Å². The molecule has 2 rings (SSSR count). The van der Waals surface area contributed by atoms with E-state index in [1.807, 2.05) is 6.92 Å². The van der Waals surface area contributed by atoms with E-state index in [0.29, 0.717) is 6.61 Å². The van der Waals surface area contributed by atoms with Gasteiger partial charge in [-0.15, -0.1) is 0 Å². The number of rotatable bonds is 3. The molecule has 3 nitrogen and oxygen atoms in total. The van der Waals surface area contributed by atoms with Crippen molar-refractivity contribution in [3.05, 3.63) is 34.9 Å². The number of benzene rings is 1. The second-order valence-corrected chi connectivity index (χ2v) is 4.97. The molecule has 0 unspecified atom stereocenters. The Kier molecular flexibility index (Phi) is 4.02. The minimum Gasteiger partial charge on any atom is -0.466 e. The number of ether oxygens (including phenoxy) is 1. The molecule has 98 valence electrons. The van der Waals surface area contributed by atoms with Crippen molar-refractivity contribution in [3.8, 4) is 0 Å². The van der Waals surface area contributed by atoms with E-state index in [1.54, 1.807) is 0 Å². The summed E-state index contributed by atoms with van der Waals surface area (Å²) in [7, 11) is 0. The van der Waals surface area contributed by atoms with E-state index in [4.69, 9.17) is 4.74 Å². The maximum Gasteiger partial charge on any atom is 0.310 e. The second kappa shape index (κ2) is 5.53. The fraction of sp³-hybridized carbons (Fsp3) is 0.533. The van der Waals surface area contributed by atoms with Gasteiger partial charge in [0.05, 0.1) is 12.5 Å². The second-order valence-electron chi connectivity index (χ2n) is 4.97. The van der Waals surface area contributed by atoms with Gasteiger partial charge >= 0.3 is 5.97 Å². The van der Waals surface area contributed by atoms with Crippen LogP contribution in [0.3, 0.4) is 0 Å². The molecule has 18 heavy (non-hydrogen) atoms. The molecular weight excluding hydrogens is 226 g/mol. The molecule has 1 heterocycles. The number of carbonyl (C=O) groups is 1. The van der Waals surface area contributed by atoms with Crippen LogP contribution in [0.25, 0.3) is 0 Å². The molecule has 0 bridgehead atoms. The van der Waals surface area contributed by atoms with Gasteiger partial charge < -0.3 is 10.1 Å². The summed E-state index contributed by atoms with van der Waals surface area (Å²) >= 11 is 0. The first-order valence-electron chi connectivity index (χ1n) is 6.58. The largest absolute Gasteiger partial charge is 0.466 e. The Labute approximate surface area is 109 Å². The lowest BCUT2D eigenvalue weighted by atomic mass is 9.87. The minimum atomic E-state index is -0.0780. The standard InChI is InChI=1S/C15H21NO2/c1-4-18-15(17)14-9-16-8-13(14)12-6-5-10(2)11(3)7-12/h5-7,13-14,16H,4,8-9H2,1-3H3/t13-,14+/m0/s1. The summed E-state index contributed by atoms with van der Waals surface area (Å²) in [5, 5.41) is 3.29. The molecule has 0 saturated carbocycles. The van der Waals surface area contributed by atoms with E-state index in [1.165, 1.54) is 16.7 Å². The first-order chi connectivity index (χ1) is 8.63. The van der Waals surface area contributed by atoms with Crippen molar-refractivity contribution in [2.75, 3.05) is 19.7 Å². The van der Waals surface area contributed by atoms with Crippen LogP contribution in [0.5, 0.6) is 0 Å². The molecule has 2 atom stereocenters. The van der Waals surface area contributed by atoms with Crippen LogP contribution in [-0.2, 0) is 9.53 Å². The zero-order valence-corrected chi connectivity index (χ0v) is 11.3. The highest BCUT2D eigenvalue weighted by Gasteiger charge is 2.34. The molecule has 0 radical (unpaired) electrons. The third-order valence-corrected chi connectivity index (χ3v) is 3.76. The summed E-state index contributed by atoms with van der Waals surface area (Å²) in [5.74, 6) is 0.112. The van der Waals surface area contributed by atoms with Crippen molar-refractivity contribution in [2.24, 2.45) is 5.92 Å². The Morgan fingerprint density at radius 1 is 1.33 bits per heavy atom. The van der Waals surface area contributed by atoms with Gasteiger partial charge in [-0.1, -0.05) is 18.2 Å². The quantitative estimate of drug-likeness (QED) is 0.832. The molecule has 0 aromatic heterocycles. The summed E-state index contributed by atoms with van der Waals surface area (Å²) in [6.07, 6.45) is 0. The molecule has 1 saturated heterocycles. The van der Waals surface area contributed by atoms with Crippen LogP contribution < -0.4 is 5.32 Å². The predicted molar refractivity (Wildman–Crippen MR) is 71.6 cm³/mol. The van der Waals surface area contributed by atoms with Gasteiger partial charge in [0.25, 0.3) is 0 Å². The third kappa shape index (κ3) is 2.56. The molecular formula is C15H21NO2. The number of carbonyl (C=O) groups excluding carboxylic acids is 1. The van der Waals surface area contributed by atoms with Crippen molar-refractivity contribution < 1.29 is 9.53 Å². The van der Waals surface area contributed by atoms with Crippen LogP contribution in [0.2, 0.25) is 0 Å². The monoisotopic (exact) mass is 247 g/mol. The van der Waals surface area contributed by atoms with Crippen molar-refractivity contribution in [3.63, 3.8) is 0 Å². The Hall–Kier alpha value is -1.35. The molecule has 1 N–H and O–H groups in total. The molecule has 1 aliphatic rings. The molecule has 1 aromatic carbocycles. The SMILES string of the molecule is CCOC(=O)[C@@H]1CNC[C@H]1c1ccc(C)c(C)c1. The van der Waals surface area contributed by atoms with Crippen LogP contribution in [0.15, 0.2) is 18.2 Å². The summed E-state index contributed by atoms with van der Waals surface area (Å²) in [4.78, 5) is 11.9. The molecule has 0 spiro atoms. The summed E-state index contributed by atoms with van der Waals surface area (Å²) in [6.45, 7) is 8.10. The lowest BCUT2D eigenvalue weighted by molar-refractivity contribution is -0.147. The number of nitrogens with one attached hydrogen (secondary N) is 1. The summed E-state index contributed by atoms with van der Waals surface area (Å²) in [6, 6.07) is 6.46. The van der Waals surface area contributed by atoms with E-state index < -0.39 is 0 Å². The average molecular weight is 247 g/mol. The van der Waals surface area contributed by atoms with Crippen molar-refractivity contribution in [1.82, 2.24) is 5.32 Å². The number of hydrogen-bond donors (Lipinski definition) is 1. The highest BCUT2D eigenvalue weighted by atomic mass is 16.5. The predicted octanol–water partition coefficient (Wildman–Crippen LogP) is 2.17. The molecule has 1 aliphatic heterocycles. The fourth-order valence-corrected chi connectivity index (χ4v) is 2.52. The molecule has 1 fully saturated rings. The van der Waals surface area contributed by atoms with Gasteiger partial charge in [-0.2, -0.15) is 0 Å². The molecule has 0 aliphatic carbocycles. The maximum atomic E-state index is 11.9. The van der Waals surface area contributed by atoms with Gasteiger partial charge in [-0.05, 0) is 37.5 Å². The smallest absolute Gasteiger partial charge is 0.310 e. The molecule has 0 amide bonds. The van der Waals surface area contributed by atoms with Crippen LogP contribution in [0.1, 0.15) is 29.5 Å². The number of hydrogen-bond acceptors (Lipinski definition) is 3. The van der Waals surface area contributed by atoms with E-state index in [-0.39, 0.29) is 17.8 Å². The Morgan fingerprint density at radius 3 is 2.78 bits per heavy atom. The van der Waals surface area contributed by atoms with Gasteiger partial charge in [0.2, 0.25) is 0 Å². The lowest BCUT2D eigenvalue weighted by Crippen LogP contribution is -2.24. The lowest BCUT2D eigenvalue weighted by Gasteiger charge is -2.18. The van der Waals surface area contributed by atoms with Crippen LogP contribution in [0, 0.1) is 19.8 Å². The highest BCUT2D eigenvalue weighted by molar-refractivity contribution is 5.74. The topological polar surface area (TPSA) is 38.3 Å². The first-order valence-corrected chi connectivity index (χ1v) is 6.58. The van der Waals surface area contributed by atoms with Crippen molar-refractivity contribution >= 4 is 5.97 Å². The summed E-state index contributed by atoms with van der Waals surface area (Å²) < 4.78 is 5.15. The van der Waals surface area contributed by atoms with Gasteiger partial charge in [0, 0.05) is 19.0 Å². The minimum absolute atomic E-state index is 0.0490. The van der Waals surface area contributed by atoms with Gasteiger partial charge in [-0.3, -0.25) is 4.79 Å². The van der Waals surface area contributed by atoms with Crippen LogP contribution in [0.4, 0.5) is 0 Å². The van der Waals surface area contributed by atoms with Gasteiger partial charge in [-0.25, -0.2) is 0 Å². The van der Waals surface area contributed by atoms with Crippen molar-refractivity contribution in [1.29, 1.82) is 0 Å². The van der Waals surface area contributed by atoms with Crippen LogP contribution >= 0.6 is 0 Å². The van der Waals surface area contributed by atoms with E-state index >= 15 is 0 Å². The van der Waals surface area contributed by atoms with Crippen molar-refractivity contribution in [2.45, 2.75) is 26.7 Å². The van der Waals surface area contributed by atoms with Gasteiger partial charge in [0.1, 0.15) is 0 Å². The van der Waals surface area contributed by atoms with E-state index in [9.17, 15) is 4.79 Å². The van der Waals surface area contributed by atoms with E-state index in [0.717, 1.165) is 13.1 Å². The Bertz CT molecular complexity index is 442. The van der Waals surface area contributed by atoms with Crippen LogP contribution in [-0.4, -0.2) is 25.7 Å². The number of aryl methyl sites for hydroxylation is 2. The Morgan fingerprint density at radius 2 is 2.11 bits per heavy atom. The average Bonchev–Trinajstić information content (AvgIpc) is 2.82. The zero-order chi connectivity index (χ0) is 13.1. The van der Waals surface area contributed by atoms with E-state index in [2.05, 4.69) is 37.4 Å². The first kappa shape index (κ1) is 13.1.